The van der Waals surface area contributed by atoms with E-state index in [2.05, 4.69) is 5.32 Å². The van der Waals surface area contributed by atoms with Gasteiger partial charge in [0.05, 0.1) is 28.0 Å². The molecule has 46 heavy (non-hydrogen) atoms. The Kier molecular flexibility index (Phi) is 6.21. The van der Waals surface area contributed by atoms with Crippen molar-refractivity contribution >= 4 is 62.5 Å². The molecule has 2 aliphatic heterocycles. The summed E-state index contributed by atoms with van der Waals surface area (Å²) in [4.78, 5) is 57.0. The number of para-hydroxylation sites is 1. The molecule has 0 bridgehead atoms. The summed E-state index contributed by atoms with van der Waals surface area (Å²) in [6, 6.07) is 11.5. The number of fused-ring (bicyclic) bond motifs is 5. The molecule has 234 valence electrons. The number of allylic oxidation sites excluding steroid dienone is 2. The van der Waals surface area contributed by atoms with Gasteiger partial charge in [-0.1, -0.05) is 35.4 Å². The highest BCUT2D eigenvalue weighted by molar-refractivity contribution is 7.22. The van der Waals surface area contributed by atoms with Crippen molar-refractivity contribution in [2.75, 3.05) is 4.90 Å². The predicted molar refractivity (Wildman–Crippen MR) is 170 cm³/mol. The van der Waals surface area contributed by atoms with Gasteiger partial charge in [-0.2, -0.15) is 5.10 Å². The molecule has 4 aromatic rings. The van der Waals surface area contributed by atoms with E-state index in [0.29, 0.717) is 16.3 Å². The molecule has 6 atom stereocenters. The maximum absolute atomic E-state index is 14.9. The zero-order valence-electron chi connectivity index (χ0n) is 25.0. The fourth-order valence-corrected chi connectivity index (χ4v) is 9.79. The monoisotopic (exact) mass is 658 g/mol. The highest BCUT2D eigenvalue weighted by atomic mass is 35.5. The number of phenolic OH excluding ortho intramolecular Hbond substituents is 1. The first-order chi connectivity index (χ1) is 21.9. The van der Waals surface area contributed by atoms with E-state index >= 15 is 0 Å². The van der Waals surface area contributed by atoms with Crippen LogP contribution in [0.1, 0.15) is 36.8 Å². The minimum atomic E-state index is -1.43. The molecule has 2 aromatic heterocycles. The van der Waals surface area contributed by atoms with E-state index in [1.54, 1.807) is 26.1 Å². The van der Waals surface area contributed by atoms with Gasteiger partial charge in [-0.3, -0.25) is 29.2 Å². The number of hydrogen-bond acceptors (Lipinski definition) is 7. The number of nitrogens with zero attached hydrogens (tertiary/aromatic N) is 3. The average molecular weight is 659 g/mol. The maximum Gasteiger partial charge on any atom is 0.242 e. The lowest BCUT2D eigenvalue weighted by Gasteiger charge is -2.49. The number of aromatic nitrogens is 2. The quantitative estimate of drug-likeness (QED) is 0.218. The molecule has 2 N–H and O–H groups in total. The number of carbonyl (C=O) groups is 4. The summed E-state index contributed by atoms with van der Waals surface area (Å²) in [6.07, 6.45) is 2.26. The molecular formula is C34H28ClFN4O5S. The summed E-state index contributed by atoms with van der Waals surface area (Å²) in [5.74, 6) is -6.62. The van der Waals surface area contributed by atoms with Gasteiger partial charge in [0.25, 0.3) is 0 Å². The molecule has 0 radical (unpaired) electrons. The second kappa shape index (κ2) is 9.83. The Balaban J connectivity index is 1.27. The standard InChI is InChI=1S/C34H28ClFN4O5S/c1-14-19-11-15(35)7-10-24(19)46-29(14)23-13-25(39(3)38-23)40-32(44)21-12-20-16(8-9-17-26(20)31(43)37-30(17)42)27(34(21,2)33(40)45)18-5-4-6-22(36)28(18)41/h4-8,10-11,13,17,20-21,26-27,41H,9,12H2,1-3H3,(H,37,42,43). The van der Waals surface area contributed by atoms with Crippen molar-refractivity contribution in [3.8, 4) is 16.3 Å². The second-order valence-corrected chi connectivity index (χ2v) is 14.4. The summed E-state index contributed by atoms with van der Waals surface area (Å²) in [6.45, 7) is 3.66. The Morgan fingerprint density at radius 1 is 1.11 bits per heavy atom. The number of aromatic hydroxyl groups is 1. The van der Waals surface area contributed by atoms with Crippen molar-refractivity contribution in [3.63, 3.8) is 0 Å². The van der Waals surface area contributed by atoms with E-state index in [0.717, 1.165) is 31.5 Å². The number of imide groups is 2. The smallest absolute Gasteiger partial charge is 0.242 e. The van der Waals surface area contributed by atoms with Crippen molar-refractivity contribution in [2.24, 2.45) is 36.1 Å². The molecule has 3 fully saturated rings. The summed E-state index contributed by atoms with van der Waals surface area (Å²) < 4.78 is 17.4. The van der Waals surface area contributed by atoms with Crippen LogP contribution in [0.5, 0.6) is 5.75 Å². The van der Waals surface area contributed by atoms with E-state index in [1.165, 1.54) is 22.1 Å². The van der Waals surface area contributed by atoms with Crippen LogP contribution >= 0.6 is 22.9 Å². The van der Waals surface area contributed by atoms with Crippen LogP contribution in [0.2, 0.25) is 5.02 Å². The lowest BCUT2D eigenvalue weighted by molar-refractivity contribution is -0.131. The van der Waals surface area contributed by atoms with Crippen molar-refractivity contribution in [1.82, 2.24) is 15.1 Å². The highest BCUT2D eigenvalue weighted by Crippen LogP contribution is 2.64. The van der Waals surface area contributed by atoms with Gasteiger partial charge >= 0.3 is 0 Å². The van der Waals surface area contributed by atoms with Crippen LogP contribution in [0, 0.1) is 41.8 Å². The Bertz CT molecular complexity index is 2100. The Hall–Kier alpha value is -4.35. The molecule has 9 nitrogen and oxygen atoms in total. The summed E-state index contributed by atoms with van der Waals surface area (Å²) in [5, 5.41) is 19.8. The van der Waals surface area contributed by atoms with E-state index in [9.17, 15) is 28.7 Å². The number of carbonyl (C=O) groups excluding carboxylic acids is 4. The summed E-state index contributed by atoms with van der Waals surface area (Å²) >= 11 is 7.79. The van der Waals surface area contributed by atoms with Gasteiger partial charge in [0.1, 0.15) is 11.5 Å². The Morgan fingerprint density at radius 3 is 2.67 bits per heavy atom. The predicted octanol–water partition coefficient (Wildman–Crippen LogP) is 5.63. The summed E-state index contributed by atoms with van der Waals surface area (Å²) in [5.41, 5.74) is 0.973. The largest absolute Gasteiger partial charge is 0.505 e. The van der Waals surface area contributed by atoms with Crippen LogP contribution in [-0.2, 0) is 26.2 Å². The first-order valence-corrected chi connectivity index (χ1v) is 16.2. The molecule has 4 heterocycles. The third kappa shape index (κ3) is 3.75. The number of nitrogens with one attached hydrogen (secondary N) is 1. The van der Waals surface area contributed by atoms with Crippen LogP contribution in [0.3, 0.4) is 0 Å². The van der Waals surface area contributed by atoms with Crippen LogP contribution in [0.25, 0.3) is 20.7 Å². The van der Waals surface area contributed by atoms with E-state index in [4.69, 9.17) is 16.7 Å². The van der Waals surface area contributed by atoms with Gasteiger partial charge in [0.2, 0.25) is 23.6 Å². The molecule has 4 amide bonds. The molecular weight excluding hydrogens is 631 g/mol. The van der Waals surface area contributed by atoms with E-state index in [-0.39, 0.29) is 30.1 Å². The minimum Gasteiger partial charge on any atom is -0.505 e. The van der Waals surface area contributed by atoms with Crippen molar-refractivity contribution in [2.45, 2.75) is 32.6 Å². The number of amides is 4. The van der Waals surface area contributed by atoms with Gasteiger partial charge in [0.15, 0.2) is 11.6 Å². The zero-order valence-corrected chi connectivity index (χ0v) is 26.6. The van der Waals surface area contributed by atoms with Gasteiger partial charge in [-0.05, 0) is 67.8 Å². The molecule has 4 aliphatic rings. The number of thiophene rings is 1. The molecule has 8 rings (SSSR count). The minimum absolute atomic E-state index is 0.152. The van der Waals surface area contributed by atoms with Crippen LogP contribution in [0.4, 0.5) is 10.2 Å². The molecule has 12 heteroatoms. The van der Waals surface area contributed by atoms with Gasteiger partial charge in [-0.25, -0.2) is 9.29 Å². The number of aryl methyl sites for hydroxylation is 2. The van der Waals surface area contributed by atoms with Crippen molar-refractivity contribution in [3.05, 3.63) is 76.1 Å². The lowest BCUT2D eigenvalue weighted by atomic mass is 9.51. The third-order valence-electron chi connectivity index (χ3n) is 10.7. The SMILES string of the molecule is Cc1c(-c2cc(N3C(=O)C4CC5C(=CCC6C(=O)NC(=O)C65)C(c5cccc(F)c5O)C4(C)C3=O)n(C)n2)sc2ccc(Cl)cc12. The lowest BCUT2D eigenvalue weighted by Crippen LogP contribution is -2.48. The molecule has 1 saturated carbocycles. The fraction of sp³-hybridized carbons (Fsp3) is 0.324. The van der Waals surface area contributed by atoms with Gasteiger partial charge in [-0.15, -0.1) is 11.3 Å². The molecule has 0 spiro atoms. The number of phenols is 1. The number of benzene rings is 2. The van der Waals surface area contributed by atoms with Crippen LogP contribution in [0.15, 0.2) is 54.1 Å². The average Bonchev–Trinajstić information content (AvgIpc) is 3.70. The molecule has 2 saturated heterocycles. The number of halogens is 2. The highest BCUT2D eigenvalue weighted by Gasteiger charge is 2.67. The topological polar surface area (TPSA) is 122 Å². The molecule has 6 unspecified atom stereocenters. The third-order valence-corrected chi connectivity index (χ3v) is 12.2. The van der Waals surface area contributed by atoms with Crippen LogP contribution in [-0.4, -0.2) is 38.5 Å². The zero-order chi connectivity index (χ0) is 32.4. The van der Waals surface area contributed by atoms with Gasteiger partial charge in [0, 0.05) is 34.3 Å². The summed E-state index contributed by atoms with van der Waals surface area (Å²) in [7, 11) is 1.67. The van der Waals surface area contributed by atoms with E-state index < -0.39 is 64.3 Å². The van der Waals surface area contributed by atoms with Gasteiger partial charge < -0.3 is 5.11 Å². The van der Waals surface area contributed by atoms with Crippen LogP contribution < -0.4 is 10.2 Å². The Morgan fingerprint density at radius 2 is 1.89 bits per heavy atom. The van der Waals surface area contributed by atoms with E-state index in [1.807, 2.05) is 31.2 Å². The molecule has 2 aromatic carbocycles. The normalized spacial score (nSPS) is 28.8. The molecule has 2 aliphatic carbocycles. The van der Waals surface area contributed by atoms with Crippen molar-refractivity contribution < 1.29 is 28.7 Å². The first kappa shape index (κ1) is 29.1. The number of rotatable bonds is 3. The maximum atomic E-state index is 14.9. The Labute approximate surface area is 271 Å². The van der Waals surface area contributed by atoms with Crippen molar-refractivity contribution in [1.29, 1.82) is 0 Å². The fourth-order valence-electron chi connectivity index (χ4n) is 8.47. The number of anilines is 1. The first-order valence-electron chi connectivity index (χ1n) is 15.0. The number of hydrogen-bond donors (Lipinski definition) is 2. The second-order valence-electron chi connectivity index (χ2n) is 12.9.